The number of benzene rings is 2. The number of thiophene rings is 1. The van der Waals surface area contributed by atoms with E-state index in [2.05, 4.69) is 5.32 Å². The molecule has 146 valence electrons. The van der Waals surface area contributed by atoms with Crippen LogP contribution in [0.1, 0.15) is 26.4 Å². The lowest BCUT2D eigenvalue weighted by Gasteiger charge is -2.09. The lowest BCUT2D eigenvalue weighted by Crippen LogP contribution is -2.28. The fourth-order valence-electron chi connectivity index (χ4n) is 2.86. The Morgan fingerprint density at radius 3 is 2.68 bits per heavy atom. The topological polar surface area (TPSA) is 64.6 Å². The lowest BCUT2D eigenvalue weighted by atomic mass is 10.1. The minimum absolute atomic E-state index is 0.0743. The van der Waals surface area contributed by atoms with Crippen molar-refractivity contribution >= 4 is 33.3 Å². The number of nitrogens with one attached hydrogen (secondary N) is 1. The molecule has 0 saturated carbocycles. The summed E-state index contributed by atoms with van der Waals surface area (Å²) in [5, 5.41) is 3.08. The molecule has 5 nitrogen and oxygen atoms in total. The summed E-state index contributed by atoms with van der Waals surface area (Å²) in [5.74, 6) is -1.49. The molecule has 3 aromatic rings. The normalized spacial score (nSPS) is 10.8. The van der Waals surface area contributed by atoms with Crippen molar-refractivity contribution in [3.63, 3.8) is 0 Å². The maximum atomic E-state index is 14.2. The van der Waals surface area contributed by atoms with E-state index in [0.29, 0.717) is 22.2 Å². The van der Waals surface area contributed by atoms with E-state index >= 15 is 0 Å². The van der Waals surface area contributed by atoms with Gasteiger partial charge in [0.15, 0.2) is 6.61 Å². The van der Waals surface area contributed by atoms with Gasteiger partial charge in [0, 0.05) is 29.3 Å². The molecule has 28 heavy (non-hydrogen) atoms. The number of hydrogen-bond acceptors (Lipinski definition) is 5. The molecule has 1 N–H and O–H groups in total. The van der Waals surface area contributed by atoms with Crippen molar-refractivity contribution < 1.29 is 23.5 Å². The highest BCUT2D eigenvalue weighted by Gasteiger charge is 2.22. The lowest BCUT2D eigenvalue weighted by molar-refractivity contribution is -0.124. The van der Waals surface area contributed by atoms with Crippen LogP contribution >= 0.6 is 11.3 Å². The van der Waals surface area contributed by atoms with Gasteiger partial charge in [0.1, 0.15) is 10.7 Å². The Morgan fingerprint density at radius 1 is 1.14 bits per heavy atom. The number of ether oxygens (including phenoxy) is 2. The molecule has 0 unspecified atom stereocenters. The molecule has 2 aromatic carbocycles. The van der Waals surface area contributed by atoms with Gasteiger partial charge in [0.25, 0.3) is 5.91 Å². The van der Waals surface area contributed by atoms with Crippen LogP contribution in [-0.4, -0.2) is 25.6 Å². The Morgan fingerprint density at radius 2 is 1.93 bits per heavy atom. The molecule has 7 heteroatoms. The molecule has 0 aliphatic carbocycles. The Balaban J connectivity index is 1.66. The maximum absolute atomic E-state index is 14.2. The fourth-order valence-corrected chi connectivity index (χ4v) is 3.98. The number of aryl methyl sites for hydroxylation is 1. The van der Waals surface area contributed by atoms with Crippen molar-refractivity contribution in [3.05, 3.63) is 69.8 Å². The highest BCUT2D eigenvalue weighted by molar-refractivity contribution is 7.21. The first-order chi connectivity index (χ1) is 13.5. The predicted molar refractivity (Wildman–Crippen MR) is 106 cm³/mol. The molecule has 0 aliphatic heterocycles. The van der Waals surface area contributed by atoms with E-state index in [1.54, 1.807) is 12.1 Å². The van der Waals surface area contributed by atoms with E-state index in [1.807, 2.05) is 31.2 Å². The molecule has 0 bridgehead atoms. The highest BCUT2D eigenvalue weighted by Crippen LogP contribution is 2.34. The summed E-state index contributed by atoms with van der Waals surface area (Å²) in [6.07, 6.45) is 0. The number of fused-ring (bicyclic) bond motifs is 1. The van der Waals surface area contributed by atoms with Gasteiger partial charge in [-0.3, -0.25) is 4.79 Å². The molecular formula is C21H20FNO4S. The molecule has 0 radical (unpaired) electrons. The summed E-state index contributed by atoms with van der Waals surface area (Å²) in [7, 11) is 1.47. The van der Waals surface area contributed by atoms with E-state index in [1.165, 1.54) is 13.2 Å². The molecule has 0 fully saturated rings. The zero-order valence-corrected chi connectivity index (χ0v) is 16.4. The zero-order valence-electron chi connectivity index (χ0n) is 15.6. The second kappa shape index (κ2) is 8.95. The van der Waals surface area contributed by atoms with Crippen LogP contribution < -0.4 is 5.32 Å². The van der Waals surface area contributed by atoms with Crippen LogP contribution in [0.2, 0.25) is 0 Å². The molecule has 1 amide bonds. The summed E-state index contributed by atoms with van der Waals surface area (Å²) >= 11 is 1.12. The second-order valence-corrected chi connectivity index (χ2v) is 7.29. The molecule has 1 aromatic heterocycles. The second-order valence-electron chi connectivity index (χ2n) is 6.24. The number of hydrogen-bond donors (Lipinski definition) is 1. The largest absolute Gasteiger partial charge is 0.451 e. The van der Waals surface area contributed by atoms with Crippen LogP contribution in [0.3, 0.4) is 0 Å². The molecule has 0 saturated heterocycles. The van der Waals surface area contributed by atoms with Gasteiger partial charge in [-0.15, -0.1) is 11.3 Å². The number of amides is 1. The van der Waals surface area contributed by atoms with E-state index in [-0.39, 0.29) is 11.5 Å². The first-order valence-electron chi connectivity index (χ1n) is 8.68. The summed E-state index contributed by atoms with van der Waals surface area (Å²) < 4.78 is 25.1. The van der Waals surface area contributed by atoms with Gasteiger partial charge in [-0.2, -0.15) is 0 Å². The summed E-state index contributed by atoms with van der Waals surface area (Å²) in [6, 6.07) is 12.3. The van der Waals surface area contributed by atoms with Crippen LogP contribution in [0.25, 0.3) is 10.1 Å². The van der Waals surface area contributed by atoms with Crippen molar-refractivity contribution in [1.29, 1.82) is 0 Å². The van der Waals surface area contributed by atoms with E-state index in [0.717, 1.165) is 22.5 Å². The summed E-state index contributed by atoms with van der Waals surface area (Å²) in [6.45, 7) is 1.98. The molecule has 0 spiro atoms. The van der Waals surface area contributed by atoms with E-state index < -0.39 is 24.3 Å². The minimum Gasteiger partial charge on any atom is -0.451 e. The summed E-state index contributed by atoms with van der Waals surface area (Å²) in [4.78, 5) is 24.8. The molecular weight excluding hydrogens is 381 g/mol. The first kappa shape index (κ1) is 20.0. The van der Waals surface area contributed by atoms with Crippen molar-refractivity contribution in [3.8, 4) is 0 Å². The number of halogens is 1. The number of carbonyl (C=O) groups excluding carboxylic acids is 2. The molecule has 1 heterocycles. The maximum Gasteiger partial charge on any atom is 0.349 e. The zero-order chi connectivity index (χ0) is 20.1. The van der Waals surface area contributed by atoms with Gasteiger partial charge in [-0.05, 0) is 30.2 Å². The Bertz CT molecular complexity index is 1010. The average Bonchev–Trinajstić information content (AvgIpc) is 3.06. The van der Waals surface area contributed by atoms with Gasteiger partial charge in [0.2, 0.25) is 0 Å². The molecule has 3 rings (SSSR count). The Hall–Kier alpha value is -2.77. The third-order valence-electron chi connectivity index (χ3n) is 4.31. The van der Waals surface area contributed by atoms with Gasteiger partial charge < -0.3 is 14.8 Å². The fraction of sp³-hybridized carbons (Fsp3) is 0.238. The standard InChI is InChI=1S/C21H20FNO4S/c1-13-6-3-4-7-14(13)10-23-18(24)12-27-21(25)20-15(11-26-2)19-16(22)8-5-9-17(19)28-20/h3-9H,10-12H2,1-2H3,(H,23,24). The van der Waals surface area contributed by atoms with Crippen molar-refractivity contribution in [2.75, 3.05) is 13.7 Å². The van der Waals surface area contributed by atoms with Gasteiger partial charge in [-0.25, -0.2) is 9.18 Å². The number of carbonyl (C=O) groups is 2. The first-order valence-corrected chi connectivity index (χ1v) is 9.50. The van der Waals surface area contributed by atoms with E-state index in [4.69, 9.17) is 9.47 Å². The van der Waals surface area contributed by atoms with Crippen LogP contribution in [-0.2, 0) is 27.4 Å². The van der Waals surface area contributed by atoms with Crippen molar-refractivity contribution in [2.24, 2.45) is 0 Å². The molecule has 0 atom stereocenters. The summed E-state index contributed by atoms with van der Waals surface area (Å²) in [5.41, 5.74) is 2.49. The van der Waals surface area contributed by atoms with Gasteiger partial charge in [0.05, 0.1) is 6.61 Å². The number of methoxy groups -OCH3 is 1. The highest BCUT2D eigenvalue weighted by atomic mass is 32.1. The quantitative estimate of drug-likeness (QED) is 0.609. The average molecular weight is 401 g/mol. The number of rotatable bonds is 7. The third kappa shape index (κ3) is 4.37. The van der Waals surface area contributed by atoms with Crippen LogP contribution in [0.15, 0.2) is 42.5 Å². The monoisotopic (exact) mass is 401 g/mol. The Labute approximate surface area is 166 Å². The van der Waals surface area contributed by atoms with Crippen LogP contribution in [0.5, 0.6) is 0 Å². The van der Waals surface area contributed by atoms with Gasteiger partial charge in [-0.1, -0.05) is 30.3 Å². The van der Waals surface area contributed by atoms with Gasteiger partial charge >= 0.3 is 5.97 Å². The minimum atomic E-state index is -0.668. The Kier molecular flexibility index (Phi) is 6.38. The SMILES string of the molecule is COCc1c(C(=O)OCC(=O)NCc2ccccc2C)sc2cccc(F)c12. The molecule has 0 aliphatic rings. The third-order valence-corrected chi connectivity index (χ3v) is 5.49. The predicted octanol–water partition coefficient (Wildman–Crippen LogP) is 3.97. The smallest absolute Gasteiger partial charge is 0.349 e. The van der Waals surface area contributed by atoms with Crippen molar-refractivity contribution in [2.45, 2.75) is 20.1 Å². The van der Waals surface area contributed by atoms with Crippen LogP contribution in [0.4, 0.5) is 4.39 Å². The number of esters is 1. The van der Waals surface area contributed by atoms with Crippen molar-refractivity contribution in [1.82, 2.24) is 5.32 Å². The van der Waals surface area contributed by atoms with E-state index in [9.17, 15) is 14.0 Å². The van der Waals surface area contributed by atoms with Crippen LogP contribution in [0, 0.1) is 12.7 Å².